The lowest BCUT2D eigenvalue weighted by atomic mass is 10.2. The van der Waals surface area contributed by atoms with E-state index in [0.29, 0.717) is 5.76 Å². The van der Waals surface area contributed by atoms with Crippen molar-refractivity contribution < 1.29 is 27.9 Å². The van der Waals surface area contributed by atoms with E-state index in [-0.39, 0.29) is 17.9 Å². The normalized spacial score (nSPS) is 11.6. The summed E-state index contributed by atoms with van der Waals surface area (Å²) in [6, 6.07) is 7.07. The molecule has 0 bridgehead atoms. The van der Waals surface area contributed by atoms with Crippen molar-refractivity contribution in [2.45, 2.75) is 19.6 Å². The summed E-state index contributed by atoms with van der Waals surface area (Å²) in [6.45, 7) is 1.61. The highest BCUT2D eigenvalue weighted by Crippen LogP contribution is 2.18. The summed E-state index contributed by atoms with van der Waals surface area (Å²) in [4.78, 5) is 23.8. The summed E-state index contributed by atoms with van der Waals surface area (Å²) in [5, 5.41) is 2.57. The van der Waals surface area contributed by atoms with Crippen molar-refractivity contribution in [2.75, 3.05) is 7.11 Å². The Morgan fingerprint density at radius 1 is 1.35 bits per heavy atom. The first-order valence-corrected chi connectivity index (χ1v) is 6.86. The second-order valence-electron chi connectivity index (χ2n) is 4.69. The SMILES string of the molecule is COc1ccc(C(=O)OC(C)C(=O)NCc2ccco2)cc1F. The van der Waals surface area contributed by atoms with Gasteiger partial charge in [-0.05, 0) is 37.3 Å². The van der Waals surface area contributed by atoms with E-state index in [1.807, 2.05) is 0 Å². The van der Waals surface area contributed by atoms with Crippen LogP contribution >= 0.6 is 0 Å². The summed E-state index contributed by atoms with van der Waals surface area (Å²) < 4.78 is 28.4. The first-order chi connectivity index (χ1) is 11.0. The second kappa shape index (κ2) is 7.44. The highest BCUT2D eigenvalue weighted by atomic mass is 19.1. The molecular weight excluding hydrogens is 305 g/mol. The van der Waals surface area contributed by atoms with Crippen LogP contribution in [0.3, 0.4) is 0 Å². The maximum absolute atomic E-state index is 13.6. The number of methoxy groups -OCH3 is 1. The number of nitrogens with one attached hydrogen (secondary N) is 1. The molecule has 1 aromatic carbocycles. The summed E-state index contributed by atoms with van der Waals surface area (Å²) in [7, 11) is 1.32. The number of esters is 1. The van der Waals surface area contributed by atoms with Crippen LogP contribution in [0.5, 0.6) is 5.75 Å². The van der Waals surface area contributed by atoms with Crippen molar-refractivity contribution in [3.63, 3.8) is 0 Å². The molecule has 1 aromatic heterocycles. The average molecular weight is 321 g/mol. The fourth-order valence-corrected chi connectivity index (χ4v) is 1.81. The van der Waals surface area contributed by atoms with Gasteiger partial charge in [0.25, 0.3) is 5.91 Å². The molecule has 0 aliphatic carbocycles. The molecule has 0 aliphatic heterocycles. The Morgan fingerprint density at radius 3 is 2.74 bits per heavy atom. The molecule has 0 spiro atoms. The Labute approximate surface area is 132 Å². The van der Waals surface area contributed by atoms with Crippen LogP contribution in [0.25, 0.3) is 0 Å². The Hall–Kier alpha value is -2.83. The number of halogens is 1. The molecule has 0 saturated heterocycles. The molecule has 0 aliphatic rings. The maximum Gasteiger partial charge on any atom is 0.339 e. The molecule has 2 rings (SSSR count). The molecule has 2 aromatic rings. The number of furan rings is 1. The van der Waals surface area contributed by atoms with Gasteiger partial charge >= 0.3 is 5.97 Å². The van der Waals surface area contributed by atoms with Crippen LogP contribution in [-0.2, 0) is 16.1 Å². The van der Waals surface area contributed by atoms with E-state index in [1.165, 1.54) is 32.4 Å². The molecule has 0 radical (unpaired) electrons. The Balaban J connectivity index is 1.90. The standard InChI is InChI=1S/C16H16FNO5/c1-10(15(19)18-9-12-4-3-7-22-12)23-16(20)11-5-6-14(21-2)13(17)8-11/h3-8,10H,9H2,1-2H3,(H,18,19). The summed E-state index contributed by atoms with van der Waals surface area (Å²) >= 11 is 0. The molecule has 1 amide bonds. The molecule has 7 heteroatoms. The lowest BCUT2D eigenvalue weighted by molar-refractivity contribution is -0.129. The van der Waals surface area contributed by atoms with Gasteiger partial charge in [0.15, 0.2) is 17.7 Å². The summed E-state index contributed by atoms with van der Waals surface area (Å²) in [6.07, 6.45) is 0.464. The summed E-state index contributed by atoms with van der Waals surface area (Å²) in [5.74, 6) is -1.37. The molecule has 0 fully saturated rings. The van der Waals surface area contributed by atoms with E-state index in [2.05, 4.69) is 5.32 Å². The number of carbonyl (C=O) groups is 2. The molecule has 6 nitrogen and oxygen atoms in total. The number of amides is 1. The molecule has 1 unspecified atom stereocenters. The Kier molecular flexibility index (Phi) is 5.35. The van der Waals surface area contributed by atoms with Gasteiger partial charge in [-0.2, -0.15) is 0 Å². The number of benzene rings is 1. The predicted octanol–water partition coefficient (Wildman–Crippen LogP) is 2.29. The van der Waals surface area contributed by atoms with E-state index in [4.69, 9.17) is 13.9 Å². The van der Waals surface area contributed by atoms with Crippen molar-refractivity contribution in [3.05, 3.63) is 53.7 Å². The van der Waals surface area contributed by atoms with Gasteiger partial charge in [-0.1, -0.05) is 0 Å². The topological polar surface area (TPSA) is 77.8 Å². The van der Waals surface area contributed by atoms with Gasteiger partial charge in [-0.3, -0.25) is 4.79 Å². The minimum absolute atomic E-state index is 0.00557. The zero-order valence-corrected chi connectivity index (χ0v) is 12.7. The van der Waals surface area contributed by atoms with E-state index in [1.54, 1.807) is 12.1 Å². The fraction of sp³-hybridized carbons (Fsp3) is 0.250. The van der Waals surface area contributed by atoms with Gasteiger partial charge in [-0.15, -0.1) is 0 Å². The third kappa shape index (κ3) is 4.32. The summed E-state index contributed by atoms with van der Waals surface area (Å²) in [5.41, 5.74) is -0.00557. The molecule has 0 saturated carbocycles. The molecule has 23 heavy (non-hydrogen) atoms. The van der Waals surface area contributed by atoms with Crippen LogP contribution in [0.1, 0.15) is 23.0 Å². The van der Waals surface area contributed by atoms with Crippen molar-refractivity contribution >= 4 is 11.9 Å². The lowest BCUT2D eigenvalue weighted by Gasteiger charge is -2.13. The molecule has 1 atom stereocenters. The fourth-order valence-electron chi connectivity index (χ4n) is 1.81. The van der Waals surface area contributed by atoms with Crippen LogP contribution in [-0.4, -0.2) is 25.1 Å². The van der Waals surface area contributed by atoms with Crippen molar-refractivity contribution in [3.8, 4) is 5.75 Å². The largest absolute Gasteiger partial charge is 0.494 e. The third-order valence-electron chi connectivity index (χ3n) is 3.06. The number of carbonyl (C=O) groups excluding carboxylic acids is 2. The first kappa shape index (κ1) is 16.5. The van der Waals surface area contributed by atoms with Crippen LogP contribution in [0, 0.1) is 5.82 Å². The Morgan fingerprint density at radius 2 is 2.13 bits per heavy atom. The molecule has 1 N–H and O–H groups in total. The number of rotatable bonds is 6. The third-order valence-corrected chi connectivity index (χ3v) is 3.06. The van der Waals surface area contributed by atoms with Crippen LogP contribution in [0.15, 0.2) is 41.0 Å². The molecule has 1 heterocycles. The van der Waals surface area contributed by atoms with Crippen LogP contribution in [0.2, 0.25) is 0 Å². The average Bonchev–Trinajstić information content (AvgIpc) is 3.05. The van der Waals surface area contributed by atoms with Gasteiger partial charge in [0.2, 0.25) is 0 Å². The molecule has 122 valence electrons. The highest BCUT2D eigenvalue weighted by Gasteiger charge is 2.20. The highest BCUT2D eigenvalue weighted by molar-refractivity contribution is 5.92. The van der Waals surface area contributed by atoms with Crippen LogP contribution in [0.4, 0.5) is 4.39 Å². The van der Waals surface area contributed by atoms with Gasteiger partial charge in [0.1, 0.15) is 5.76 Å². The van der Waals surface area contributed by atoms with Gasteiger partial charge in [0, 0.05) is 0 Å². The monoisotopic (exact) mass is 321 g/mol. The van der Waals surface area contributed by atoms with Crippen molar-refractivity contribution in [1.82, 2.24) is 5.32 Å². The van der Waals surface area contributed by atoms with Gasteiger partial charge in [0.05, 0.1) is 25.5 Å². The lowest BCUT2D eigenvalue weighted by Crippen LogP contribution is -2.35. The van der Waals surface area contributed by atoms with Crippen molar-refractivity contribution in [1.29, 1.82) is 0 Å². The minimum atomic E-state index is -1.03. The minimum Gasteiger partial charge on any atom is -0.494 e. The number of hydrogen-bond donors (Lipinski definition) is 1. The predicted molar refractivity (Wildman–Crippen MR) is 78.4 cm³/mol. The van der Waals surface area contributed by atoms with E-state index < -0.39 is 23.8 Å². The second-order valence-corrected chi connectivity index (χ2v) is 4.69. The quantitative estimate of drug-likeness (QED) is 0.826. The van der Waals surface area contributed by atoms with Crippen molar-refractivity contribution in [2.24, 2.45) is 0 Å². The van der Waals surface area contributed by atoms with E-state index >= 15 is 0 Å². The van der Waals surface area contributed by atoms with Crippen LogP contribution < -0.4 is 10.1 Å². The van der Waals surface area contributed by atoms with Gasteiger partial charge < -0.3 is 19.2 Å². The smallest absolute Gasteiger partial charge is 0.339 e. The Bertz CT molecular complexity index is 684. The maximum atomic E-state index is 13.6. The first-order valence-electron chi connectivity index (χ1n) is 6.86. The molecular formula is C16H16FNO5. The zero-order chi connectivity index (χ0) is 16.8. The van der Waals surface area contributed by atoms with E-state index in [0.717, 1.165) is 6.07 Å². The van der Waals surface area contributed by atoms with E-state index in [9.17, 15) is 14.0 Å². The number of hydrogen-bond acceptors (Lipinski definition) is 5. The number of ether oxygens (including phenoxy) is 2. The zero-order valence-electron chi connectivity index (χ0n) is 12.7. The van der Waals surface area contributed by atoms with Gasteiger partial charge in [-0.25, -0.2) is 9.18 Å².